The number of phenolic OH excluding ortho intramolecular Hbond substituents is 4. The predicted octanol–water partition coefficient (Wildman–Crippen LogP) is -0.812. The average Bonchev–Trinajstić information content (AvgIpc) is 3.03. The van der Waals surface area contributed by atoms with Crippen LogP contribution in [0, 0.1) is 0 Å². The van der Waals surface area contributed by atoms with Crippen LogP contribution in [0.2, 0.25) is 0 Å². The Kier molecular flexibility index (Phi) is 10.8. The molecule has 0 aliphatic heterocycles. The monoisotopic (exact) mass is 690 g/mol. The summed E-state index contributed by atoms with van der Waals surface area (Å²) >= 11 is 0. The largest absolute Gasteiger partial charge is 0.504 e. The van der Waals surface area contributed by atoms with Crippen molar-refractivity contribution < 1.29 is 84.5 Å². The molecule has 2 aliphatic carbocycles. The Morgan fingerprint density at radius 1 is 0.653 bits per heavy atom. The summed E-state index contributed by atoms with van der Waals surface area (Å²) in [6.45, 7) is 0. The number of hydrogen-bond donors (Lipinski definition) is 10. The molecule has 2 fully saturated rings. The van der Waals surface area contributed by atoms with Gasteiger partial charge in [-0.1, -0.05) is 12.1 Å². The lowest BCUT2D eigenvalue weighted by Crippen LogP contribution is -2.62. The first-order chi connectivity index (χ1) is 22.9. The number of aliphatic hydroxyl groups is 5. The summed E-state index contributed by atoms with van der Waals surface area (Å²) in [4.78, 5) is 50.8. The molecule has 0 radical (unpaired) electrons. The minimum absolute atomic E-state index is 0.246. The van der Waals surface area contributed by atoms with Gasteiger partial charge < -0.3 is 65.3 Å². The molecule has 49 heavy (non-hydrogen) atoms. The van der Waals surface area contributed by atoms with Gasteiger partial charge in [-0.05, 0) is 47.5 Å². The smallest absolute Gasteiger partial charge is 0.348 e. The predicted molar refractivity (Wildman–Crippen MR) is 161 cm³/mol. The number of benzene rings is 2. The van der Waals surface area contributed by atoms with E-state index in [0.29, 0.717) is 0 Å². The van der Waals surface area contributed by atoms with Crippen molar-refractivity contribution in [3.63, 3.8) is 0 Å². The topological polar surface area (TPSA) is 298 Å². The molecule has 17 nitrogen and oxygen atoms in total. The second-order valence-corrected chi connectivity index (χ2v) is 11.8. The van der Waals surface area contributed by atoms with Gasteiger partial charge in [0, 0.05) is 37.8 Å². The lowest BCUT2D eigenvalue weighted by atomic mass is 9.77. The van der Waals surface area contributed by atoms with Crippen LogP contribution in [0.3, 0.4) is 0 Å². The standard InChI is InChI=1S/C32H34O17/c33-17-5-1-15(9-19(17)35)3-7-25(39)47-23-13-31(46,11-21(37)27(23)41)30(45)49-32(29(43)44)12-22(38)28(42)24(14-32)48-26(40)8-4-16-2-6-18(34)20(36)10-16/h1-10,21-24,27-28,33-38,41-42,46H,11-14H2,(H,43,44)/b7-3+,8-4+/t21-,22-,23-,24-,27-,28-,31+,32+/m0/s1. The molecule has 2 aliphatic rings. The van der Waals surface area contributed by atoms with Crippen molar-refractivity contribution in [2.24, 2.45) is 0 Å². The molecule has 2 aromatic rings. The third-order valence-electron chi connectivity index (χ3n) is 8.12. The first-order valence-corrected chi connectivity index (χ1v) is 14.7. The van der Waals surface area contributed by atoms with E-state index in [2.05, 4.69) is 0 Å². The van der Waals surface area contributed by atoms with Gasteiger partial charge >= 0.3 is 23.9 Å². The molecule has 10 N–H and O–H groups in total. The van der Waals surface area contributed by atoms with E-state index in [9.17, 15) is 70.2 Å². The maximum atomic E-state index is 13.4. The molecule has 0 heterocycles. The number of carboxylic acid groups (broad SMARTS) is 1. The van der Waals surface area contributed by atoms with Gasteiger partial charge in [-0.25, -0.2) is 19.2 Å². The SMILES string of the molecule is O=C(/C=C/c1ccc(O)c(O)c1)O[C@H]1C[C@@](O)(C(=O)O[C@@]2(C(=O)O)C[C@H](OC(=O)/C=C/c3ccc(O)c(O)c3)[C@@H](O)[C@@H](O)C2)C[C@H](O)[C@@H]1O. The van der Waals surface area contributed by atoms with Crippen LogP contribution in [0.5, 0.6) is 23.0 Å². The third kappa shape index (κ3) is 8.45. The van der Waals surface area contributed by atoms with Crippen molar-refractivity contribution in [3.05, 3.63) is 59.7 Å². The molecule has 264 valence electrons. The van der Waals surface area contributed by atoms with Crippen molar-refractivity contribution in [1.82, 2.24) is 0 Å². The third-order valence-corrected chi connectivity index (χ3v) is 8.12. The minimum Gasteiger partial charge on any atom is -0.504 e. The molecule has 0 unspecified atom stereocenters. The normalized spacial score (nSPS) is 30.1. The highest BCUT2D eigenvalue weighted by Gasteiger charge is 2.58. The fraction of sp³-hybridized carbons (Fsp3) is 0.375. The Hall–Kier alpha value is -5.20. The molecule has 0 amide bonds. The van der Waals surface area contributed by atoms with E-state index in [4.69, 9.17) is 14.2 Å². The van der Waals surface area contributed by atoms with Gasteiger partial charge in [0.25, 0.3) is 0 Å². The van der Waals surface area contributed by atoms with Crippen LogP contribution in [0.1, 0.15) is 36.8 Å². The zero-order valence-corrected chi connectivity index (χ0v) is 25.4. The summed E-state index contributed by atoms with van der Waals surface area (Å²) < 4.78 is 15.5. The Morgan fingerprint density at radius 3 is 1.55 bits per heavy atom. The molecule has 8 atom stereocenters. The van der Waals surface area contributed by atoms with E-state index in [1.807, 2.05) is 0 Å². The summed E-state index contributed by atoms with van der Waals surface area (Å²) in [6, 6.07) is 7.22. The maximum absolute atomic E-state index is 13.4. The number of ether oxygens (including phenoxy) is 3. The highest BCUT2D eigenvalue weighted by atomic mass is 16.6. The molecule has 2 saturated carbocycles. The number of hydrogen-bond acceptors (Lipinski definition) is 16. The molecule has 0 aromatic heterocycles. The molecule has 0 bridgehead atoms. The van der Waals surface area contributed by atoms with E-state index in [1.54, 1.807) is 0 Å². The number of rotatable bonds is 9. The first-order valence-electron chi connectivity index (χ1n) is 14.7. The van der Waals surface area contributed by atoms with Crippen molar-refractivity contribution in [1.29, 1.82) is 0 Å². The van der Waals surface area contributed by atoms with Crippen LogP contribution in [0.15, 0.2) is 48.6 Å². The van der Waals surface area contributed by atoms with Crippen LogP contribution >= 0.6 is 0 Å². The van der Waals surface area contributed by atoms with Crippen LogP contribution < -0.4 is 0 Å². The van der Waals surface area contributed by atoms with Gasteiger partial charge in [0.15, 0.2) is 28.6 Å². The second-order valence-electron chi connectivity index (χ2n) is 11.8. The van der Waals surface area contributed by atoms with Crippen LogP contribution in [-0.2, 0) is 33.4 Å². The quantitative estimate of drug-likeness (QED) is 0.0666. The molecule has 0 saturated heterocycles. The number of aromatic hydroxyl groups is 4. The summed E-state index contributed by atoms with van der Waals surface area (Å²) in [5, 5.41) is 101. The Labute approximate surface area is 276 Å². The van der Waals surface area contributed by atoms with Gasteiger partial charge in [-0.3, -0.25) is 0 Å². The molecule has 2 aromatic carbocycles. The lowest BCUT2D eigenvalue weighted by Gasteiger charge is -2.44. The average molecular weight is 691 g/mol. The van der Waals surface area contributed by atoms with E-state index >= 15 is 0 Å². The maximum Gasteiger partial charge on any atom is 0.348 e. The van der Waals surface area contributed by atoms with Gasteiger partial charge in [0.05, 0.1) is 12.2 Å². The van der Waals surface area contributed by atoms with E-state index in [0.717, 1.165) is 42.5 Å². The lowest BCUT2D eigenvalue weighted by molar-refractivity contribution is -0.228. The number of phenols is 4. The molecular weight excluding hydrogens is 656 g/mol. The Morgan fingerprint density at radius 2 is 1.10 bits per heavy atom. The van der Waals surface area contributed by atoms with Crippen molar-refractivity contribution in [2.75, 3.05) is 0 Å². The number of carbonyl (C=O) groups excluding carboxylic acids is 3. The van der Waals surface area contributed by atoms with E-state index < -0.39 is 120 Å². The summed E-state index contributed by atoms with van der Waals surface area (Å²) in [5.74, 6) is -7.54. The van der Waals surface area contributed by atoms with Crippen LogP contribution in [-0.4, -0.2) is 123 Å². The fourth-order valence-electron chi connectivity index (χ4n) is 5.44. The summed E-state index contributed by atoms with van der Waals surface area (Å²) in [6.07, 6.45) is -10.5. The van der Waals surface area contributed by atoms with Gasteiger partial charge in [-0.15, -0.1) is 0 Å². The van der Waals surface area contributed by atoms with Crippen molar-refractivity contribution >= 4 is 36.0 Å². The van der Waals surface area contributed by atoms with Crippen LogP contribution in [0.4, 0.5) is 0 Å². The van der Waals surface area contributed by atoms with Crippen molar-refractivity contribution in [2.45, 2.75) is 73.5 Å². The number of aliphatic carboxylic acids is 1. The van der Waals surface area contributed by atoms with Crippen LogP contribution in [0.25, 0.3) is 12.2 Å². The second kappa shape index (κ2) is 14.5. The Balaban J connectivity index is 1.47. The highest BCUT2D eigenvalue weighted by Crippen LogP contribution is 2.39. The number of carbonyl (C=O) groups is 4. The molecule has 17 heteroatoms. The highest BCUT2D eigenvalue weighted by molar-refractivity contribution is 5.89. The number of carboxylic acids is 1. The van der Waals surface area contributed by atoms with E-state index in [-0.39, 0.29) is 11.1 Å². The fourth-order valence-corrected chi connectivity index (χ4v) is 5.44. The summed E-state index contributed by atoms with van der Waals surface area (Å²) in [5.41, 5.74) is -4.93. The van der Waals surface area contributed by atoms with Crippen molar-refractivity contribution in [3.8, 4) is 23.0 Å². The summed E-state index contributed by atoms with van der Waals surface area (Å²) in [7, 11) is 0. The zero-order valence-electron chi connectivity index (χ0n) is 25.4. The van der Waals surface area contributed by atoms with Gasteiger partial charge in [0.1, 0.15) is 24.4 Å². The molecule has 0 spiro atoms. The molecule has 4 rings (SSSR count). The molecular formula is C32H34O17. The van der Waals surface area contributed by atoms with Gasteiger partial charge in [0.2, 0.25) is 5.60 Å². The van der Waals surface area contributed by atoms with E-state index in [1.165, 1.54) is 18.2 Å². The minimum atomic E-state index is -2.75. The zero-order chi connectivity index (χ0) is 36.3. The van der Waals surface area contributed by atoms with Gasteiger partial charge in [-0.2, -0.15) is 0 Å². The Bertz CT molecular complexity index is 1650. The number of aliphatic hydroxyl groups excluding tert-OH is 4. The number of esters is 3. The first kappa shape index (κ1) is 36.6.